The van der Waals surface area contributed by atoms with Gasteiger partial charge in [0, 0.05) is 18.7 Å². The van der Waals surface area contributed by atoms with Crippen LogP contribution in [0.1, 0.15) is 45.7 Å². The number of aromatic nitrogens is 1. The van der Waals surface area contributed by atoms with Gasteiger partial charge in [0.05, 0.1) is 25.3 Å². The van der Waals surface area contributed by atoms with Gasteiger partial charge in [-0.3, -0.25) is 14.6 Å². The molecule has 5 nitrogen and oxygen atoms in total. The summed E-state index contributed by atoms with van der Waals surface area (Å²) in [5.41, 5.74) is 0.825. The molecule has 1 heterocycles. The van der Waals surface area contributed by atoms with Crippen molar-refractivity contribution in [1.29, 1.82) is 0 Å². The van der Waals surface area contributed by atoms with Crippen molar-refractivity contribution in [1.82, 2.24) is 9.88 Å². The van der Waals surface area contributed by atoms with Crippen LogP contribution in [0.25, 0.3) is 0 Å². The van der Waals surface area contributed by atoms with Crippen LogP contribution in [0, 0.1) is 5.92 Å². The zero-order valence-electron chi connectivity index (χ0n) is 13.7. The largest absolute Gasteiger partial charge is 0.466 e. The molecule has 122 valence electrons. The number of amides is 1. The fourth-order valence-electron chi connectivity index (χ4n) is 2.31. The number of hydrogen-bond donors (Lipinski definition) is 0. The van der Waals surface area contributed by atoms with Gasteiger partial charge < -0.3 is 9.64 Å². The molecule has 0 radical (unpaired) electrons. The van der Waals surface area contributed by atoms with Crippen molar-refractivity contribution in [2.24, 2.45) is 5.92 Å². The van der Waals surface area contributed by atoms with Crippen LogP contribution in [-0.2, 0) is 20.9 Å². The van der Waals surface area contributed by atoms with Crippen LogP contribution < -0.4 is 0 Å². The van der Waals surface area contributed by atoms with E-state index in [1.54, 1.807) is 18.0 Å². The number of pyridine rings is 1. The first-order chi connectivity index (χ1) is 10.6. The molecule has 0 aliphatic heterocycles. The van der Waals surface area contributed by atoms with E-state index in [0.29, 0.717) is 19.7 Å². The molecule has 22 heavy (non-hydrogen) atoms. The third-order valence-electron chi connectivity index (χ3n) is 3.62. The molecular formula is C17H26N2O3. The van der Waals surface area contributed by atoms with Gasteiger partial charge in [-0.2, -0.15) is 0 Å². The van der Waals surface area contributed by atoms with E-state index in [-0.39, 0.29) is 24.2 Å². The van der Waals surface area contributed by atoms with Crippen molar-refractivity contribution in [2.45, 2.75) is 46.6 Å². The minimum absolute atomic E-state index is 0.00842. The molecule has 5 heteroatoms. The van der Waals surface area contributed by atoms with Crippen molar-refractivity contribution in [2.75, 3.05) is 13.2 Å². The van der Waals surface area contributed by atoms with Gasteiger partial charge in [0.25, 0.3) is 0 Å². The van der Waals surface area contributed by atoms with Crippen LogP contribution in [-0.4, -0.2) is 34.9 Å². The van der Waals surface area contributed by atoms with Gasteiger partial charge in [0.1, 0.15) is 0 Å². The summed E-state index contributed by atoms with van der Waals surface area (Å²) in [5, 5.41) is 0. The van der Waals surface area contributed by atoms with Crippen molar-refractivity contribution in [3.63, 3.8) is 0 Å². The van der Waals surface area contributed by atoms with Gasteiger partial charge >= 0.3 is 5.97 Å². The van der Waals surface area contributed by atoms with Crippen LogP contribution in [0.3, 0.4) is 0 Å². The number of rotatable bonds is 9. The molecule has 0 spiro atoms. The Kier molecular flexibility index (Phi) is 8.18. The summed E-state index contributed by atoms with van der Waals surface area (Å²) < 4.78 is 4.94. The van der Waals surface area contributed by atoms with Crippen molar-refractivity contribution in [3.8, 4) is 0 Å². The smallest absolute Gasteiger partial charge is 0.307 e. The topological polar surface area (TPSA) is 59.5 Å². The molecule has 0 fully saturated rings. The van der Waals surface area contributed by atoms with Crippen LogP contribution in [0.2, 0.25) is 0 Å². The van der Waals surface area contributed by atoms with Crippen LogP contribution in [0.15, 0.2) is 24.4 Å². The molecule has 1 aromatic heterocycles. The number of hydrogen-bond acceptors (Lipinski definition) is 4. The Bertz CT molecular complexity index is 458. The monoisotopic (exact) mass is 306 g/mol. The Balaban J connectivity index is 2.75. The number of nitrogens with zero attached hydrogens (tertiary/aromatic N) is 2. The van der Waals surface area contributed by atoms with Crippen LogP contribution in [0.4, 0.5) is 0 Å². The third-order valence-corrected chi connectivity index (χ3v) is 3.62. The number of esters is 1. The summed E-state index contributed by atoms with van der Waals surface area (Å²) in [4.78, 5) is 30.2. The molecule has 0 aliphatic rings. The maximum Gasteiger partial charge on any atom is 0.307 e. The fraction of sp³-hybridized carbons (Fsp3) is 0.588. The lowest BCUT2D eigenvalue weighted by Crippen LogP contribution is -2.37. The molecule has 0 N–H and O–H groups in total. The summed E-state index contributed by atoms with van der Waals surface area (Å²) in [6, 6.07) is 5.63. The Morgan fingerprint density at radius 3 is 2.50 bits per heavy atom. The highest BCUT2D eigenvalue weighted by molar-refractivity contribution is 5.79. The van der Waals surface area contributed by atoms with E-state index in [9.17, 15) is 9.59 Å². The molecule has 0 bridgehead atoms. The van der Waals surface area contributed by atoms with Crippen molar-refractivity contribution >= 4 is 11.9 Å². The number of carbonyl (C=O) groups excluding carboxylic acids is 2. The molecule has 1 aromatic rings. The normalized spacial score (nSPS) is 10.5. The van der Waals surface area contributed by atoms with Gasteiger partial charge in [-0.15, -0.1) is 0 Å². The van der Waals surface area contributed by atoms with E-state index in [1.807, 2.05) is 32.0 Å². The quantitative estimate of drug-likeness (QED) is 0.658. The first-order valence-electron chi connectivity index (χ1n) is 7.96. The summed E-state index contributed by atoms with van der Waals surface area (Å²) >= 11 is 0. The lowest BCUT2D eigenvalue weighted by atomic mass is 10.0. The van der Waals surface area contributed by atoms with E-state index in [2.05, 4.69) is 4.98 Å². The Morgan fingerprint density at radius 1 is 1.23 bits per heavy atom. The minimum atomic E-state index is -0.272. The van der Waals surface area contributed by atoms with Crippen molar-refractivity contribution in [3.05, 3.63) is 30.1 Å². The molecule has 0 unspecified atom stereocenters. The Hall–Kier alpha value is -1.91. The van der Waals surface area contributed by atoms with Gasteiger partial charge in [-0.1, -0.05) is 19.9 Å². The molecular weight excluding hydrogens is 280 g/mol. The molecule has 0 saturated carbocycles. The number of ether oxygens (including phenoxy) is 1. The maximum atomic E-state index is 12.6. The Labute approximate surface area is 132 Å². The average Bonchev–Trinajstić information content (AvgIpc) is 2.53. The van der Waals surface area contributed by atoms with E-state index in [0.717, 1.165) is 18.5 Å². The summed E-state index contributed by atoms with van der Waals surface area (Å²) in [7, 11) is 0. The standard InChI is InChI=1S/C17H26N2O3/c1-4-14(5-2)17(21)19(12-10-16(20)22-6-3)13-15-9-7-8-11-18-15/h7-9,11,14H,4-6,10,12-13H2,1-3H3. The zero-order chi connectivity index (χ0) is 16.4. The molecule has 0 atom stereocenters. The SMILES string of the molecule is CCOC(=O)CCN(Cc1ccccn1)C(=O)C(CC)CC. The van der Waals surface area contributed by atoms with E-state index < -0.39 is 0 Å². The first kappa shape index (κ1) is 18.1. The molecule has 0 aromatic carbocycles. The van der Waals surface area contributed by atoms with Crippen LogP contribution >= 0.6 is 0 Å². The molecule has 1 amide bonds. The van der Waals surface area contributed by atoms with Gasteiger partial charge in [-0.25, -0.2) is 0 Å². The average molecular weight is 306 g/mol. The highest BCUT2D eigenvalue weighted by Crippen LogP contribution is 2.14. The molecule has 0 aliphatic carbocycles. The molecule has 1 rings (SSSR count). The van der Waals surface area contributed by atoms with Gasteiger partial charge in [0.2, 0.25) is 5.91 Å². The van der Waals surface area contributed by atoms with Gasteiger partial charge in [-0.05, 0) is 31.9 Å². The van der Waals surface area contributed by atoms with E-state index in [4.69, 9.17) is 4.74 Å². The lowest BCUT2D eigenvalue weighted by molar-refractivity contribution is -0.144. The second kappa shape index (κ2) is 9.92. The molecule has 0 saturated heterocycles. The van der Waals surface area contributed by atoms with Gasteiger partial charge in [0.15, 0.2) is 0 Å². The Morgan fingerprint density at radius 2 is 1.95 bits per heavy atom. The second-order valence-electron chi connectivity index (χ2n) is 5.15. The third kappa shape index (κ3) is 5.84. The van der Waals surface area contributed by atoms with E-state index >= 15 is 0 Å². The predicted molar refractivity (Wildman–Crippen MR) is 85.0 cm³/mol. The summed E-state index contributed by atoms with van der Waals surface area (Å²) in [6.07, 6.45) is 3.52. The predicted octanol–water partition coefficient (Wildman–Crippen LogP) is 2.80. The zero-order valence-corrected chi connectivity index (χ0v) is 13.7. The highest BCUT2D eigenvalue weighted by Gasteiger charge is 2.22. The first-order valence-corrected chi connectivity index (χ1v) is 7.96. The fourth-order valence-corrected chi connectivity index (χ4v) is 2.31. The van der Waals surface area contributed by atoms with E-state index in [1.165, 1.54) is 0 Å². The van der Waals surface area contributed by atoms with Crippen LogP contribution in [0.5, 0.6) is 0 Å². The maximum absolute atomic E-state index is 12.6. The highest BCUT2D eigenvalue weighted by atomic mass is 16.5. The van der Waals surface area contributed by atoms with Crippen molar-refractivity contribution < 1.29 is 14.3 Å². The summed E-state index contributed by atoms with van der Waals surface area (Å²) in [5.74, 6) is -0.197. The minimum Gasteiger partial charge on any atom is -0.466 e. The second-order valence-corrected chi connectivity index (χ2v) is 5.15. The number of carbonyl (C=O) groups is 2. The lowest BCUT2D eigenvalue weighted by Gasteiger charge is -2.26. The summed E-state index contributed by atoms with van der Waals surface area (Å²) in [6.45, 7) is 6.95.